The highest BCUT2D eigenvalue weighted by Gasteiger charge is 2.22. The second-order valence-electron chi connectivity index (χ2n) is 4.84. The summed E-state index contributed by atoms with van der Waals surface area (Å²) in [6.45, 7) is 5.79. The molecule has 0 amide bonds. The molecule has 2 N–H and O–H groups in total. The third-order valence-corrected chi connectivity index (χ3v) is 3.79. The van der Waals surface area contributed by atoms with E-state index in [1.54, 1.807) is 0 Å². The Morgan fingerprint density at radius 1 is 1.50 bits per heavy atom. The Morgan fingerprint density at radius 3 is 3.00 bits per heavy atom. The highest BCUT2D eigenvalue weighted by molar-refractivity contribution is 9.10. The van der Waals surface area contributed by atoms with Gasteiger partial charge in [-0.2, -0.15) is 0 Å². The van der Waals surface area contributed by atoms with E-state index in [1.807, 2.05) is 0 Å². The number of rotatable bonds is 5. The van der Waals surface area contributed by atoms with Crippen LogP contribution in [0.4, 0.5) is 5.69 Å². The predicted molar refractivity (Wildman–Crippen MR) is 79.0 cm³/mol. The Balaban J connectivity index is 2.13. The van der Waals surface area contributed by atoms with Crippen LogP contribution in [-0.4, -0.2) is 30.8 Å². The SMILES string of the molecule is CCCNCc1ccc(Br)cc1N1CCC(O)C1. The minimum absolute atomic E-state index is 0.180. The summed E-state index contributed by atoms with van der Waals surface area (Å²) < 4.78 is 1.10. The summed E-state index contributed by atoms with van der Waals surface area (Å²) in [6, 6.07) is 6.40. The van der Waals surface area contributed by atoms with E-state index in [2.05, 4.69) is 51.3 Å². The van der Waals surface area contributed by atoms with Crippen molar-refractivity contribution in [2.75, 3.05) is 24.5 Å². The second kappa shape index (κ2) is 6.55. The number of hydrogen-bond acceptors (Lipinski definition) is 3. The van der Waals surface area contributed by atoms with Crippen molar-refractivity contribution in [3.05, 3.63) is 28.2 Å². The van der Waals surface area contributed by atoms with Gasteiger partial charge in [0.15, 0.2) is 0 Å². The summed E-state index contributed by atoms with van der Waals surface area (Å²) in [6.07, 6.45) is 1.84. The fraction of sp³-hybridized carbons (Fsp3) is 0.571. The molecule has 1 aliphatic rings. The molecule has 2 rings (SSSR count). The number of nitrogens with zero attached hydrogens (tertiary/aromatic N) is 1. The molecular formula is C14H21BrN2O. The average Bonchev–Trinajstić information content (AvgIpc) is 2.78. The number of hydrogen-bond donors (Lipinski definition) is 2. The molecule has 0 saturated carbocycles. The fourth-order valence-corrected chi connectivity index (χ4v) is 2.69. The topological polar surface area (TPSA) is 35.5 Å². The van der Waals surface area contributed by atoms with Crippen molar-refractivity contribution in [3.63, 3.8) is 0 Å². The lowest BCUT2D eigenvalue weighted by molar-refractivity contribution is 0.198. The number of nitrogens with one attached hydrogen (secondary N) is 1. The Hall–Kier alpha value is -0.580. The summed E-state index contributed by atoms with van der Waals surface area (Å²) in [5.41, 5.74) is 2.55. The number of halogens is 1. The maximum atomic E-state index is 9.67. The molecule has 1 atom stereocenters. The second-order valence-corrected chi connectivity index (χ2v) is 5.75. The van der Waals surface area contributed by atoms with Crippen LogP contribution in [0.25, 0.3) is 0 Å². The Bertz CT molecular complexity index is 397. The van der Waals surface area contributed by atoms with Gasteiger partial charge in [-0.1, -0.05) is 28.9 Å². The van der Waals surface area contributed by atoms with Crippen LogP contribution < -0.4 is 10.2 Å². The van der Waals surface area contributed by atoms with Gasteiger partial charge in [-0.15, -0.1) is 0 Å². The Labute approximate surface area is 117 Å². The summed E-state index contributed by atoms with van der Waals surface area (Å²) in [5.74, 6) is 0. The maximum absolute atomic E-state index is 9.67. The molecule has 1 aromatic rings. The average molecular weight is 313 g/mol. The van der Waals surface area contributed by atoms with Gasteiger partial charge in [0.2, 0.25) is 0 Å². The largest absolute Gasteiger partial charge is 0.391 e. The van der Waals surface area contributed by atoms with E-state index in [0.717, 1.165) is 43.5 Å². The third kappa shape index (κ3) is 3.46. The number of anilines is 1. The lowest BCUT2D eigenvalue weighted by Crippen LogP contribution is -2.24. The minimum atomic E-state index is -0.180. The molecule has 3 nitrogen and oxygen atoms in total. The van der Waals surface area contributed by atoms with Crippen molar-refractivity contribution >= 4 is 21.6 Å². The monoisotopic (exact) mass is 312 g/mol. The summed E-state index contributed by atoms with van der Waals surface area (Å²) in [5, 5.41) is 13.1. The van der Waals surface area contributed by atoms with Crippen molar-refractivity contribution in [1.29, 1.82) is 0 Å². The van der Waals surface area contributed by atoms with Crippen LogP contribution in [0.15, 0.2) is 22.7 Å². The molecular weight excluding hydrogens is 292 g/mol. The lowest BCUT2D eigenvalue weighted by atomic mass is 10.1. The van der Waals surface area contributed by atoms with Gasteiger partial charge in [-0.05, 0) is 37.1 Å². The minimum Gasteiger partial charge on any atom is -0.391 e. The normalized spacial score (nSPS) is 19.5. The lowest BCUT2D eigenvalue weighted by Gasteiger charge is -2.22. The zero-order chi connectivity index (χ0) is 13.0. The van der Waals surface area contributed by atoms with E-state index < -0.39 is 0 Å². The molecule has 1 unspecified atom stereocenters. The molecule has 0 spiro atoms. The van der Waals surface area contributed by atoms with Crippen LogP contribution >= 0.6 is 15.9 Å². The van der Waals surface area contributed by atoms with E-state index in [4.69, 9.17) is 0 Å². The van der Waals surface area contributed by atoms with Crippen molar-refractivity contribution in [2.24, 2.45) is 0 Å². The van der Waals surface area contributed by atoms with E-state index in [0.29, 0.717) is 0 Å². The van der Waals surface area contributed by atoms with Gasteiger partial charge >= 0.3 is 0 Å². The van der Waals surface area contributed by atoms with Crippen LogP contribution in [0.1, 0.15) is 25.3 Å². The van der Waals surface area contributed by atoms with E-state index in [9.17, 15) is 5.11 Å². The van der Waals surface area contributed by atoms with Gasteiger partial charge in [0.05, 0.1) is 6.10 Å². The first-order valence-electron chi connectivity index (χ1n) is 6.63. The standard InChI is InChI=1S/C14H21BrN2O/c1-2-6-16-9-11-3-4-12(15)8-14(11)17-7-5-13(18)10-17/h3-4,8,13,16,18H,2,5-7,9-10H2,1H3. The van der Waals surface area contributed by atoms with Gasteiger partial charge in [0.25, 0.3) is 0 Å². The van der Waals surface area contributed by atoms with Crippen LogP contribution in [0.5, 0.6) is 0 Å². The predicted octanol–water partition coefficient (Wildman–Crippen LogP) is 2.52. The summed E-state index contributed by atoms with van der Waals surface area (Å²) in [7, 11) is 0. The number of aliphatic hydroxyl groups excluding tert-OH is 1. The van der Waals surface area contributed by atoms with E-state index in [-0.39, 0.29) is 6.10 Å². The molecule has 1 fully saturated rings. The first-order chi connectivity index (χ1) is 8.70. The highest BCUT2D eigenvalue weighted by atomic mass is 79.9. The first-order valence-corrected chi connectivity index (χ1v) is 7.42. The Kier molecular flexibility index (Phi) is 5.03. The molecule has 0 aromatic heterocycles. The number of β-amino-alcohol motifs (C(OH)–C–C–N with tert-alkyl or cyclic N) is 1. The van der Waals surface area contributed by atoms with Gasteiger partial charge in [0.1, 0.15) is 0 Å². The summed E-state index contributed by atoms with van der Waals surface area (Å²) >= 11 is 3.53. The van der Waals surface area contributed by atoms with Crippen molar-refractivity contribution in [2.45, 2.75) is 32.4 Å². The number of benzene rings is 1. The molecule has 1 heterocycles. The van der Waals surface area contributed by atoms with Crippen LogP contribution in [0, 0.1) is 0 Å². The van der Waals surface area contributed by atoms with Gasteiger partial charge < -0.3 is 15.3 Å². The molecule has 100 valence electrons. The molecule has 0 bridgehead atoms. The fourth-order valence-electron chi connectivity index (χ4n) is 2.34. The van der Waals surface area contributed by atoms with Crippen LogP contribution in [0.3, 0.4) is 0 Å². The quantitative estimate of drug-likeness (QED) is 0.820. The number of aliphatic hydroxyl groups is 1. The van der Waals surface area contributed by atoms with Crippen molar-refractivity contribution in [3.8, 4) is 0 Å². The smallest absolute Gasteiger partial charge is 0.0731 e. The molecule has 0 aliphatic carbocycles. The molecule has 4 heteroatoms. The van der Waals surface area contributed by atoms with Crippen LogP contribution in [-0.2, 0) is 6.54 Å². The van der Waals surface area contributed by atoms with Crippen molar-refractivity contribution in [1.82, 2.24) is 5.32 Å². The van der Waals surface area contributed by atoms with Crippen molar-refractivity contribution < 1.29 is 5.11 Å². The Morgan fingerprint density at radius 2 is 2.33 bits per heavy atom. The van der Waals surface area contributed by atoms with E-state index in [1.165, 1.54) is 11.3 Å². The van der Waals surface area contributed by atoms with Gasteiger partial charge in [0, 0.05) is 29.8 Å². The third-order valence-electron chi connectivity index (χ3n) is 3.29. The maximum Gasteiger partial charge on any atom is 0.0731 e. The van der Waals surface area contributed by atoms with Gasteiger partial charge in [-0.25, -0.2) is 0 Å². The van der Waals surface area contributed by atoms with E-state index >= 15 is 0 Å². The zero-order valence-corrected chi connectivity index (χ0v) is 12.4. The molecule has 1 aliphatic heterocycles. The first kappa shape index (κ1) is 13.8. The highest BCUT2D eigenvalue weighted by Crippen LogP contribution is 2.28. The molecule has 0 radical (unpaired) electrons. The van der Waals surface area contributed by atoms with Gasteiger partial charge in [-0.3, -0.25) is 0 Å². The molecule has 1 saturated heterocycles. The summed E-state index contributed by atoms with van der Waals surface area (Å²) in [4.78, 5) is 2.28. The molecule has 18 heavy (non-hydrogen) atoms. The zero-order valence-electron chi connectivity index (χ0n) is 10.8. The molecule has 1 aromatic carbocycles. The van der Waals surface area contributed by atoms with Crippen LogP contribution in [0.2, 0.25) is 0 Å².